The van der Waals surface area contributed by atoms with Crippen molar-refractivity contribution < 1.29 is 9.47 Å². The zero-order valence-corrected chi connectivity index (χ0v) is 11.3. The van der Waals surface area contributed by atoms with Crippen LogP contribution in [0.1, 0.15) is 18.5 Å². The van der Waals surface area contributed by atoms with Crippen LogP contribution < -0.4 is 20.5 Å². The molecule has 0 aliphatic carbocycles. The van der Waals surface area contributed by atoms with Crippen molar-refractivity contribution in [2.75, 3.05) is 27.3 Å². The van der Waals surface area contributed by atoms with Crippen LogP contribution in [-0.4, -0.2) is 27.3 Å². The highest BCUT2D eigenvalue weighted by Gasteiger charge is 2.14. The molecule has 18 heavy (non-hydrogen) atoms. The van der Waals surface area contributed by atoms with Crippen molar-refractivity contribution >= 4 is 0 Å². The van der Waals surface area contributed by atoms with Gasteiger partial charge in [-0.05, 0) is 13.0 Å². The normalized spacial score (nSPS) is 12.0. The second-order valence-corrected chi connectivity index (χ2v) is 4.23. The third kappa shape index (κ3) is 3.75. The van der Waals surface area contributed by atoms with E-state index in [9.17, 15) is 0 Å². The van der Waals surface area contributed by atoms with Gasteiger partial charge in [0.2, 0.25) is 0 Å². The van der Waals surface area contributed by atoms with E-state index < -0.39 is 0 Å². The molecule has 0 saturated carbocycles. The van der Waals surface area contributed by atoms with Gasteiger partial charge in [-0.1, -0.05) is 18.2 Å². The van der Waals surface area contributed by atoms with E-state index in [0.29, 0.717) is 6.54 Å². The van der Waals surface area contributed by atoms with E-state index in [1.165, 1.54) is 0 Å². The van der Waals surface area contributed by atoms with Gasteiger partial charge in [-0.25, -0.2) is 0 Å². The standard InChI is InChI=1S/C14H22N2O2/c1-10(2)9-16-13(8-15)12-6-5-11(17-3)7-14(12)18-4/h5-7,13,16H,1,8-9,15H2,2-4H3. The lowest BCUT2D eigenvalue weighted by atomic mass is 10.0. The van der Waals surface area contributed by atoms with Crippen LogP contribution in [-0.2, 0) is 0 Å². The molecule has 1 rings (SSSR count). The Morgan fingerprint density at radius 1 is 1.39 bits per heavy atom. The Labute approximate surface area is 109 Å². The molecule has 1 aromatic rings. The van der Waals surface area contributed by atoms with E-state index in [1.807, 2.05) is 25.1 Å². The van der Waals surface area contributed by atoms with Crippen LogP contribution in [0.3, 0.4) is 0 Å². The minimum absolute atomic E-state index is 0.0440. The van der Waals surface area contributed by atoms with Crippen molar-refractivity contribution in [2.24, 2.45) is 5.73 Å². The lowest BCUT2D eigenvalue weighted by molar-refractivity contribution is 0.385. The molecule has 4 nitrogen and oxygen atoms in total. The first kappa shape index (κ1) is 14.5. The predicted molar refractivity (Wildman–Crippen MR) is 74.2 cm³/mol. The first-order valence-corrected chi connectivity index (χ1v) is 5.92. The fourth-order valence-corrected chi connectivity index (χ4v) is 1.72. The molecule has 0 amide bonds. The number of ether oxygens (including phenoxy) is 2. The molecule has 0 aromatic heterocycles. The molecule has 0 spiro atoms. The Morgan fingerprint density at radius 3 is 2.61 bits per heavy atom. The van der Waals surface area contributed by atoms with Crippen molar-refractivity contribution in [3.63, 3.8) is 0 Å². The summed E-state index contributed by atoms with van der Waals surface area (Å²) >= 11 is 0. The number of nitrogens with one attached hydrogen (secondary N) is 1. The zero-order chi connectivity index (χ0) is 13.5. The highest BCUT2D eigenvalue weighted by atomic mass is 16.5. The minimum atomic E-state index is 0.0440. The van der Waals surface area contributed by atoms with Crippen molar-refractivity contribution in [1.29, 1.82) is 0 Å². The first-order valence-electron chi connectivity index (χ1n) is 5.92. The molecule has 3 N–H and O–H groups in total. The molecule has 0 saturated heterocycles. The summed E-state index contributed by atoms with van der Waals surface area (Å²) in [6.45, 7) is 7.08. The van der Waals surface area contributed by atoms with Gasteiger partial charge in [0.25, 0.3) is 0 Å². The van der Waals surface area contributed by atoms with Gasteiger partial charge >= 0.3 is 0 Å². The zero-order valence-electron chi connectivity index (χ0n) is 11.3. The second-order valence-electron chi connectivity index (χ2n) is 4.23. The van der Waals surface area contributed by atoms with Crippen LogP contribution >= 0.6 is 0 Å². The highest BCUT2D eigenvalue weighted by Crippen LogP contribution is 2.29. The number of hydrogen-bond acceptors (Lipinski definition) is 4. The maximum absolute atomic E-state index is 5.81. The number of benzene rings is 1. The number of nitrogens with two attached hydrogens (primary N) is 1. The second kappa shape index (κ2) is 7.03. The molecule has 1 atom stereocenters. The lowest BCUT2D eigenvalue weighted by Gasteiger charge is -2.20. The summed E-state index contributed by atoms with van der Waals surface area (Å²) < 4.78 is 10.6. The smallest absolute Gasteiger partial charge is 0.127 e. The molecular weight excluding hydrogens is 228 g/mol. The Morgan fingerprint density at radius 2 is 2.11 bits per heavy atom. The van der Waals surface area contributed by atoms with E-state index >= 15 is 0 Å². The molecule has 0 aliphatic heterocycles. The molecular formula is C14H22N2O2. The number of rotatable bonds is 7. The summed E-state index contributed by atoms with van der Waals surface area (Å²) in [6.07, 6.45) is 0. The van der Waals surface area contributed by atoms with Crippen molar-refractivity contribution in [3.05, 3.63) is 35.9 Å². The van der Waals surface area contributed by atoms with E-state index in [-0.39, 0.29) is 6.04 Å². The summed E-state index contributed by atoms with van der Waals surface area (Å²) in [5.74, 6) is 1.55. The molecule has 0 radical (unpaired) electrons. The third-order valence-corrected chi connectivity index (χ3v) is 2.70. The molecule has 4 heteroatoms. The number of hydrogen-bond donors (Lipinski definition) is 2. The number of methoxy groups -OCH3 is 2. The van der Waals surface area contributed by atoms with Crippen LogP contribution in [0.2, 0.25) is 0 Å². The Hall–Kier alpha value is -1.52. The predicted octanol–water partition coefficient (Wildman–Crippen LogP) is 1.87. The molecule has 0 fully saturated rings. The Kier molecular flexibility index (Phi) is 5.68. The topological polar surface area (TPSA) is 56.5 Å². The van der Waals surface area contributed by atoms with Gasteiger partial charge in [-0.3, -0.25) is 0 Å². The van der Waals surface area contributed by atoms with Gasteiger partial charge in [0, 0.05) is 30.8 Å². The maximum atomic E-state index is 5.81. The SMILES string of the molecule is C=C(C)CNC(CN)c1ccc(OC)cc1OC. The average molecular weight is 250 g/mol. The quantitative estimate of drug-likeness (QED) is 0.725. The minimum Gasteiger partial charge on any atom is -0.497 e. The Bertz CT molecular complexity index is 405. The van der Waals surface area contributed by atoms with Crippen LogP contribution in [0, 0.1) is 0 Å². The Balaban J connectivity index is 2.93. The fourth-order valence-electron chi connectivity index (χ4n) is 1.72. The lowest BCUT2D eigenvalue weighted by Crippen LogP contribution is -2.29. The van der Waals surface area contributed by atoms with Gasteiger partial charge in [0.1, 0.15) is 11.5 Å². The molecule has 0 heterocycles. The maximum Gasteiger partial charge on any atom is 0.127 e. The summed E-state index contributed by atoms with van der Waals surface area (Å²) in [4.78, 5) is 0. The summed E-state index contributed by atoms with van der Waals surface area (Å²) in [6, 6.07) is 5.78. The van der Waals surface area contributed by atoms with E-state index in [4.69, 9.17) is 15.2 Å². The van der Waals surface area contributed by atoms with Gasteiger partial charge in [-0.2, -0.15) is 0 Å². The van der Waals surface area contributed by atoms with Crippen molar-refractivity contribution in [3.8, 4) is 11.5 Å². The molecule has 0 bridgehead atoms. The van der Waals surface area contributed by atoms with E-state index in [1.54, 1.807) is 14.2 Å². The third-order valence-electron chi connectivity index (χ3n) is 2.70. The summed E-state index contributed by atoms with van der Waals surface area (Å²) in [5.41, 5.74) is 7.91. The van der Waals surface area contributed by atoms with Crippen LogP contribution in [0.5, 0.6) is 11.5 Å². The van der Waals surface area contributed by atoms with E-state index in [0.717, 1.165) is 29.2 Å². The summed E-state index contributed by atoms with van der Waals surface area (Å²) in [7, 11) is 3.28. The van der Waals surface area contributed by atoms with Crippen molar-refractivity contribution in [2.45, 2.75) is 13.0 Å². The van der Waals surface area contributed by atoms with Crippen molar-refractivity contribution in [1.82, 2.24) is 5.32 Å². The van der Waals surface area contributed by atoms with Crippen LogP contribution in [0.15, 0.2) is 30.4 Å². The van der Waals surface area contributed by atoms with Crippen LogP contribution in [0.25, 0.3) is 0 Å². The molecule has 100 valence electrons. The van der Waals surface area contributed by atoms with Gasteiger partial charge in [-0.15, -0.1) is 0 Å². The summed E-state index contributed by atoms with van der Waals surface area (Å²) in [5, 5.41) is 3.35. The van der Waals surface area contributed by atoms with E-state index in [2.05, 4.69) is 11.9 Å². The molecule has 0 aliphatic rings. The largest absolute Gasteiger partial charge is 0.497 e. The highest BCUT2D eigenvalue weighted by molar-refractivity contribution is 5.42. The van der Waals surface area contributed by atoms with Gasteiger partial charge in [0.15, 0.2) is 0 Å². The molecule has 1 aromatic carbocycles. The van der Waals surface area contributed by atoms with Crippen LogP contribution in [0.4, 0.5) is 0 Å². The fraction of sp³-hybridized carbons (Fsp3) is 0.429. The average Bonchev–Trinajstić information content (AvgIpc) is 2.39. The first-order chi connectivity index (χ1) is 8.62. The van der Waals surface area contributed by atoms with Gasteiger partial charge < -0.3 is 20.5 Å². The molecule has 1 unspecified atom stereocenters. The monoisotopic (exact) mass is 250 g/mol. The van der Waals surface area contributed by atoms with Gasteiger partial charge in [0.05, 0.1) is 14.2 Å².